The van der Waals surface area contributed by atoms with E-state index < -0.39 is 10.0 Å². The maximum absolute atomic E-state index is 11.5. The number of fused-ring (bicyclic) bond motifs is 1. The van der Waals surface area contributed by atoms with Gasteiger partial charge in [-0.1, -0.05) is 6.07 Å². The van der Waals surface area contributed by atoms with E-state index in [4.69, 9.17) is 14.9 Å². The van der Waals surface area contributed by atoms with Crippen LogP contribution in [-0.4, -0.2) is 42.6 Å². The van der Waals surface area contributed by atoms with Crippen LogP contribution >= 0.6 is 11.3 Å². The minimum Gasteiger partial charge on any atom is -0.487 e. The molecule has 2 aromatic carbocycles. The molecule has 11 heteroatoms. The molecule has 0 aliphatic carbocycles. The van der Waals surface area contributed by atoms with Crippen molar-refractivity contribution in [3.8, 4) is 16.3 Å². The van der Waals surface area contributed by atoms with Crippen molar-refractivity contribution in [1.29, 1.82) is 0 Å². The molecule has 1 aliphatic rings. The highest BCUT2D eigenvalue weighted by atomic mass is 32.2. The largest absolute Gasteiger partial charge is 0.487 e. The number of piperidine rings is 1. The lowest BCUT2D eigenvalue weighted by atomic mass is 10.1. The molecule has 1 fully saturated rings. The molecule has 0 spiro atoms. The summed E-state index contributed by atoms with van der Waals surface area (Å²) in [6.07, 6.45) is 5.44. The lowest BCUT2D eigenvalue weighted by molar-refractivity contribution is 0.165. The SMILES string of the molecule is NS(=O)(=O)c1ccc(Nc2ncc3ccc(-c4nccs4)c(OC4CCNCC4)c3n2)cc1. The zero-order valence-corrected chi connectivity index (χ0v) is 19.2. The van der Waals surface area contributed by atoms with Crippen molar-refractivity contribution in [1.82, 2.24) is 20.3 Å². The molecule has 1 saturated heterocycles. The van der Waals surface area contributed by atoms with Crippen LogP contribution in [-0.2, 0) is 10.0 Å². The second-order valence-corrected chi connectivity index (χ2v) is 10.1. The minimum atomic E-state index is -3.75. The van der Waals surface area contributed by atoms with Crippen molar-refractivity contribution < 1.29 is 13.2 Å². The Hall–Kier alpha value is -3.12. The number of primary sulfonamides is 1. The van der Waals surface area contributed by atoms with Gasteiger partial charge in [-0.2, -0.15) is 0 Å². The number of nitrogens with one attached hydrogen (secondary N) is 2. The Balaban J connectivity index is 1.53. The molecule has 4 aromatic rings. The molecule has 3 heterocycles. The topological polar surface area (TPSA) is 132 Å². The second kappa shape index (κ2) is 9.02. The van der Waals surface area contributed by atoms with Gasteiger partial charge in [-0.15, -0.1) is 11.3 Å². The van der Waals surface area contributed by atoms with Crippen LogP contribution in [0.2, 0.25) is 0 Å². The fourth-order valence-electron chi connectivity index (χ4n) is 3.71. The molecule has 1 aliphatic heterocycles. The van der Waals surface area contributed by atoms with E-state index in [9.17, 15) is 8.42 Å². The summed E-state index contributed by atoms with van der Waals surface area (Å²) in [4.78, 5) is 13.7. The molecule has 4 N–H and O–H groups in total. The second-order valence-electron chi connectivity index (χ2n) is 7.67. The zero-order valence-electron chi connectivity index (χ0n) is 17.6. The van der Waals surface area contributed by atoms with E-state index >= 15 is 0 Å². The predicted octanol–water partition coefficient (Wildman–Crippen LogP) is 3.28. The highest BCUT2D eigenvalue weighted by Gasteiger charge is 2.21. The fraction of sp³-hybridized carbons (Fsp3) is 0.227. The molecular formula is C22H22N6O3S2. The third kappa shape index (κ3) is 4.81. The fourth-order valence-corrected chi connectivity index (χ4v) is 4.89. The first-order valence-corrected chi connectivity index (χ1v) is 12.9. The summed E-state index contributed by atoms with van der Waals surface area (Å²) in [5.74, 6) is 1.07. The van der Waals surface area contributed by atoms with E-state index in [0.717, 1.165) is 41.9 Å². The van der Waals surface area contributed by atoms with Gasteiger partial charge in [0.2, 0.25) is 16.0 Å². The Morgan fingerprint density at radius 1 is 1.09 bits per heavy atom. The first kappa shape index (κ1) is 21.7. The smallest absolute Gasteiger partial charge is 0.238 e. The third-order valence-electron chi connectivity index (χ3n) is 5.38. The molecule has 33 heavy (non-hydrogen) atoms. The van der Waals surface area contributed by atoms with Crippen molar-refractivity contribution in [3.05, 3.63) is 54.2 Å². The summed E-state index contributed by atoms with van der Waals surface area (Å²) in [5, 5.41) is 15.3. The average molecular weight is 483 g/mol. The molecule has 170 valence electrons. The van der Waals surface area contributed by atoms with Crippen LogP contribution in [0.1, 0.15) is 12.8 Å². The number of aromatic nitrogens is 3. The summed E-state index contributed by atoms with van der Waals surface area (Å²) in [6.45, 7) is 1.83. The summed E-state index contributed by atoms with van der Waals surface area (Å²) in [5.41, 5.74) is 2.23. The number of benzene rings is 2. The predicted molar refractivity (Wildman–Crippen MR) is 128 cm³/mol. The number of anilines is 2. The normalized spacial score (nSPS) is 14.9. The average Bonchev–Trinajstić information content (AvgIpc) is 3.35. The van der Waals surface area contributed by atoms with Crippen LogP contribution in [0.4, 0.5) is 11.6 Å². The number of hydrogen-bond donors (Lipinski definition) is 3. The Morgan fingerprint density at radius 2 is 1.88 bits per heavy atom. The Bertz CT molecular complexity index is 1370. The van der Waals surface area contributed by atoms with Gasteiger partial charge in [-0.25, -0.2) is 28.5 Å². The van der Waals surface area contributed by atoms with Gasteiger partial charge >= 0.3 is 0 Å². The molecular weight excluding hydrogens is 460 g/mol. The maximum atomic E-state index is 11.5. The van der Waals surface area contributed by atoms with E-state index in [1.54, 1.807) is 35.9 Å². The molecule has 0 radical (unpaired) electrons. The molecule has 5 rings (SSSR count). The van der Waals surface area contributed by atoms with Gasteiger partial charge in [0, 0.05) is 28.8 Å². The number of ether oxygens (including phenoxy) is 1. The first-order chi connectivity index (χ1) is 16.0. The van der Waals surface area contributed by atoms with Crippen LogP contribution in [0.3, 0.4) is 0 Å². The molecule has 0 atom stereocenters. The number of sulfonamides is 1. The molecule has 2 aromatic heterocycles. The van der Waals surface area contributed by atoms with Crippen molar-refractivity contribution >= 4 is 43.9 Å². The number of thiazole rings is 1. The van der Waals surface area contributed by atoms with Crippen LogP contribution < -0.4 is 20.5 Å². The number of rotatable bonds is 6. The van der Waals surface area contributed by atoms with Gasteiger partial charge < -0.3 is 15.4 Å². The first-order valence-electron chi connectivity index (χ1n) is 10.4. The van der Waals surface area contributed by atoms with Crippen LogP contribution in [0.25, 0.3) is 21.5 Å². The van der Waals surface area contributed by atoms with Crippen LogP contribution in [0.5, 0.6) is 5.75 Å². The van der Waals surface area contributed by atoms with E-state index in [2.05, 4.69) is 20.6 Å². The summed E-state index contributed by atoms with van der Waals surface area (Å²) < 4.78 is 29.5. The van der Waals surface area contributed by atoms with Crippen LogP contribution in [0.15, 0.2) is 59.1 Å². The monoisotopic (exact) mass is 482 g/mol. The van der Waals surface area contributed by atoms with Gasteiger partial charge in [0.1, 0.15) is 16.6 Å². The summed E-state index contributed by atoms with van der Waals surface area (Å²) in [7, 11) is -3.75. The van der Waals surface area contributed by atoms with Crippen molar-refractivity contribution in [2.24, 2.45) is 5.14 Å². The van der Waals surface area contributed by atoms with Gasteiger partial charge in [0.25, 0.3) is 0 Å². The van der Waals surface area contributed by atoms with Crippen molar-refractivity contribution in [3.63, 3.8) is 0 Å². The molecule has 0 unspecified atom stereocenters. The Kier molecular flexibility index (Phi) is 5.94. The maximum Gasteiger partial charge on any atom is 0.238 e. The minimum absolute atomic E-state index is 0.0400. The van der Waals surface area contributed by atoms with E-state index in [1.165, 1.54) is 12.1 Å². The van der Waals surface area contributed by atoms with Gasteiger partial charge in [0.05, 0.1) is 10.5 Å². The quantitative estimate of drug-likeness (QED) is 0.381. The lowest BCUT2D eigenvalue weighted by Gasteiger charge is -2.25. The molecule has 0 bridgehead atoms. The number of nitrogens with two attached hydrogens (primary N) is 1. The Morgan fingerprint density at radius 3 is 2.58 bits per heavy atom. The molecule has 0 amide bonds. The van der Waals surface area contributed by atoms with Gasteiger partial charge in [0.15, 0.2) is 5.75 Å². The van der Waals surface area contributed by atoms with E-state index in [0.29, 0.717) is 22.9 Å². The van der Waals surface area contributed by atoms with Crippen LogP contribution in [0, 0.1) is 0 Å². The number of nitrogens with zero attached hydrogens (tertiary/aromatic N) is 3. The van der Waals surface area contributed by atoms with Crippen molar-refractivity contribution in [2.75, 3.05) is 18.4 Å². The summed E-state index contributed by atoms with van der Waals surface area (Å²) in [6, 6.07) is 10.1. The molecule has 9 nitrogen and oxygen atoms in total. The Labute approximate surface area is 195 Å². The molecule has 0 saturated carbocycles. The van der Waals surface area contributed by atoms with E-state index in [-0.39, 0.29) is 11.0 Å². The standard InChI is InChI=1S/C22H22N6O3S2/c23-33(29,30)17-4-2-15(3-5-17)27-22-26-13-14-1-6-18(21-25-11-12-32-21)20(19(14)28-22)31-16-7-9-24-10-8-16/h1-6,11-13,16,24H,7-10H2,(H2,23,29,30)(H,26,27,28). The third-order valence-corrected chi connectivity index (χ3v) is 7.11. The zero-order chi connectivity index (χ0) is 22.8. The van der Waals surface area contributed by atoms with Crippen molar-refractivity contribution in [2.45, 2.75) is 23.8 Å². The van der Waals surface area contributed by atoms with Gasteiger partial charge in [-0.05, 0) is 56.3 Å². The highest BCUT2D eigenvalue weighted by molar-refractivity contribution is 7.89. The summed E-state index contributed by atoms with van der Waals surface area (Å²) >= 11 is 1.55. The van der Waals surface area contributed by atoms with Gasteiger partial charge in [-0.3, -0.25) is 0 Å². The number of hydrogen-bond acceptors (Lipinski definition) is 9. The lowest BCUT2D eigenvalue weighted by Crippen LogP contribution is -2.34. The van der Waals surface area contributed by atoms with E-state index in [1.807, 2.05) is 17.5 Å². The highest BCUT2D eigenvalue weighted by Crippen LogP contribution is 2.38.